The van der Waals surface area contributed by atoms with Gasteiger partial charge >= 0.3 is 0 Å². The molecule has 0 atom stereocenters. The number of anilines is 2. The maximum absolute atomic E-state index is 5.38. The van der Waals surface area contributed by atoms with Crippen LogP contribution in [0.1, 0.15) is 31.5 Å². The Kier molecular flexibility index (Phi) is 4.72. The van der Waals surface area contributed by atoms with Crippen molar-refractivity contribution in [2.75, 3.05) is 24.4 Å². The predicted octanol–water partition coefficient (Wildman–Crippen LogP) is 1.51. The molecule has 0 radical (unpaired) electrons. The molecule has 2 rings (SSSR count). The molecular formula is C12H21N5O. The van der Waals surface area contributed by atoms with Crippen LogP contribution in [0.25, 0.3) is 0 Å². The van der Waals surface area contributed by atoms with Gasteiger partial charge in [-0.3, -0.25) is 0 Å². The number of aromatic nitrogens is 2. The fourth-order valence-corrected chi connectivity index (χ4v) is 1.87. The van der Waals surface area contributed by atoms with Crippen molar-refractivity contribution in [2.24, 2.45) is 11.8 Å². The second-order valence-electron chi connectivity index (χ2n) is 4.64. The Balaban J connectivity index is 1.85. The van der Waals surface area contributed by atoms with Crippen molar-refractivity contribution in [1.29, 1.82) is 0 Å². The lowest BCUT2D eigenvalue weighted by Crippen LogP contribution is -2.13. The molecule has 0 spiro atoms. The predicted molar refractivity (Wildman–Crippen MR) is 71.0 cm³/mol. The van der Waals surface area contributed by atoms with Crippen LogP contribution in [0, 0.1) is 5.92 Å². The summed E-state index contributed by atoms with van der Waals surface area (Å²) >= 11 is 0. The summed E-state index contributed by atoms with van der Waals surface area (Å²) in [4.78, 5) is 8.56. The fraction of sp³-hybridized carbons (Fsp3) is 0.667. The van der Waals surface area contributed by atoms with Crippen molar-refractivity contribution in [3.8, 4) is 0 Å². The van der Waals surface area contributed by atoms with Crippen molar-refractivity contribution in [2.45, 2.75) is 32.3 Å². The molecule has 1 aromatic rings. The van der Waals surface area contributed by atoms with E-state index in [1.165, 1.54) is 25.7 Å². The molecule has 1 aliphatic rings. The zero-order valence-electron chi connectivity index (χ0n) is 10.8. The molecule has 1 aliphatic carbocycles. The molecule has 100 valence electrons. The average molecular weight is 251 g/mol. The first-order valence-corrected chi connectivity index (χ1v) is 6.39. The second-order valence-corrected chi connectivity index (χ2v) is 4.64. The van der Waals surface area contributed by atoms with E-state index in [-0.39, 0.29) is 0 Å². The number of hydrazine groups is 1. The van der Waals surface area contributed by atoms with E-state index in [0.29, 0.717) is 18.2 Å². The highest BCUT2D eigenvalue weighted by molar-refractivity contribution is 5.46. The molecule has 0 aliphatic heterocycles. The van der Waals surface area contributed by atoms with Gasteiger partial charge in [0.25, 0.3) is 0 Å². The van der Waals surface area contributed by atoms with Crippen LogP contribution in [0.3, 0.4) is 0 Å². The van der Waals surface area contributed by atoms with E-state index in [4.69, 9.17) is 10.6 Å². The number of hydrogen-bond acceptors (Lipinski definition) is 6. The van der Waals surface area contributed by atoms with Crippen LogP contribution >= 0.6 is 0 Å². The van der Waals surface area contributed by atoms with E-state index in [2.05, 4.69) is 20.7 Å². The van der Waals surface area contributed by atoms with Crippen LogP contribution in [0.15, 0.2) is 6.07 Å². The largest absolute Gasteiger partial charge is 0.377 e. The molecule has 0 saturated heterocycles. The zero-order chi connectivity index (χ0) is 12.8. The first-order valence-electron chi connectivity index (χ1n) is 6.39. The number of rotatable bonds is 8. The van der Waals surface area contributed by atoms with Crippen LogP contribution in [0.2, 0.25) is 0 Å². The van der Waals surface area contributed by atoms with Crippen molar-refractivity contribution < 1.29 is 4.74 Å². The van der Waals surface area contributed by atoms with Crippen LogP contribution in [0.5, 0.6) is 0 Å². The monoisotopic (exact) mass is 251 g/mol. The van der Waals surface area contributed by atoms with Gasteiger partial charge in [0.2, 0.25) is 0 Å². The number of nitrogens with one attached hydrogen (secondary N) is 2. The Bertz CT molecular complexity index is 381. The maximum Gasteiger partial charge on any atom is 0.158 e. The lowest BCUT2D eigenvalue weighted by molar-refractivity contribution is 0.178. The van der Waals surface area contributed by atoms with Gasteiger partial charge in [-0.2, -0.15) is 0 Å². The van der Waals surface area contributed by atoms with Crippen LogP contribution in [-0.2, 0) is 11.3 Å². The molecule has 4 N–H and O–H groups in total. The quantitative estimate of drug-likeness (QED) is 0.369. The van der Waals surface area contributed by atoms with E-state index in [1.807, 2.05) is 0 Å². The molecule has 1 fully saturated rings. The number of nitrogens with zero attached hydrogens (tertiary/aromatic N) is 2. The fourth-order valence-electron chi connectivity index (χ4n) is 1.87. The third-order valence-corrected chi connectivity index (χ3v) is 2.99. The standard InChI is InChI=1S/C12H21N5O/c1-18-8-12-15-10(7-11(16-12)17-13)14-6-2-3-9-4-5-9/h7,9H,2-6,8,13H2,1H3,(H2,14,15,16,17). The molecule has 1 heterocycles. The van der Waals surface area contributed by atoms with Gasteiger partial charge in [-0.15, -0.1) is 0 Å². The van der Waals surface area contributed by atoms with Gasteiger partial charge in [0.1, 0.15) is 18.2 Å². The lowest BCUT2D eigenvalue weighted by atomic mass is 10.2. The molecule has 1 aromatic heterocycles. The minimum atomic E-state index is 0.381. The molecule has 1 saturated carbocycles. The Hall–Kier alpha value is -1.40. The summed E-state index contributed by atoms with van der Waals surface area (Å²) in [5.74, 6) is 8.37. The molecule has 0 aromatic carbocycles. The van der Waals surface area contributed by atoms with E-state index < -0.39 is 0 Å². The average Bonchev–Trinajstić information content (AvgIpc) is 3.19. The minimum absolute atomic E-state index is 0.381. The highest BCUT2D eigenvalue weighted by Crippen LogP contribution is 2.33. The summed E-state index contributed by atoms with van der Waals surface area (Å²) < 4.78 is 5.03. The van der Waals surface area contributed by atoms with Gasteiger partial charge in [-0.05, 0) is 18.8 Å². The molecule has 0 amide bonds. The summed E-state index contributed by atoms with van der Waals surface area (Å²) in [7, 11) is 1.62. The molecular weight excluding hydrogens is 230 g/mol. The Morgan fingerprint density at radius 1 is 1.39 bits per heavy atom. The number of nitrogen functional groups attached to an aromatic ring is 1. The highest BCUT2D eigenvalue weighted by atomic mass is 16.5. The molecule has 18 heavy (non-hydrogen) atoms. The van der Waals surface area contributed by atoms with Gasteiger partial charge in [0, 0.05) is 19.7 Å². The third kappa shape index (κ3) is 4.12. The van der Waals surface area contributed by atoms with Crippen molar-refractivity contribution in [1.82, 2.24) is 9.97 Å². The normalized spacial score (nSPS) is 14.6. The third-order valence-electron chi connectivity index (χ3n) is 2.99. The Morgan fingerprint density at radius 3 is 2.83 bits per heavy atom. The minimum Gasteiger partial charge on any atom is -0.377 e. The lowest BCUT2D eigenvalue weighted by Gasteiger charge is -2.09. The number of methoxy groups -OCH3 is 1. The first-order chi connectivity index (χ1) is 8.81. The number of ether oxygens (including phenoxy) is 1. The van der Waals surface area contributed by atoms with Crippen LogP contribution < -0.4 is 16.6 Å². The maximum atomic E-state index is 5.38. The summed E-state index contributed by atoms with van der Waals surface area (Å²) in [5.41, 5.74) is 2.54. The van der Waals surface area contributed by atoms with Gasteiger partial charge in [-0.25, -0.2) is 15.8 Å². The Labute approximate surface area is 107 Å². The zero-order valence-corrected chi connectivity index (χ0v) is 10.8. The second kappa shape index (κ2) is 6.51. The summed E-state index contributed by atoms with van der Waals surface area (Å²) in [6, 6.07) is 1.80. The van der Waals surface area contributed by atoms with Crippen molar-refractivity contribution >= 4 is 11.6 Å². The summed E-state index contributed by atoms with van der Waals surface area (Å²) in [5, 5.41) is 3.30. The SMILES string of the molecule is COCc1nc(NN)cc(NCCCC2CC2)n1. The topological polar surface area (TPSA) is 85.1 Å². The first kappa shape index (κ1) is 13.0. The van der Waals surface area contributed by atoms with Crippen LogP contribution in [0.4, 0.5) is 11.6 Å². The number of hydrogen-bond donors (Lipinski definition) is 3. The van der Waals surface area contributed by atoms with Gasteiger partial charge in [0.15, 0.2) is 5.82 Å². The van der Waals surface area contributed by atoms with E-state index >= 15 is 0 Å². The van der Waals surface area contributed by atoms with E-state index in [9.17, 15) is 0 Å². The van der Waals surface area contributed by atoms with Crippen molar-refractivity contribution in [3.63, 3.8) is 0 Å². The highest BCUT2D eigenvalue weighted by Gasteiger charge is 2.19. The van der Waals surface area contributed by atoms with Gasteiger partial charge in [0.05, 0.1) is 0 Å². The van der Waals surface area contributed by atoms with Gasteiger partial charge in [-0.1, -0.05) is 12.8 Å². The number of nitrogens with two attached hydrogens (primary N) is 1. The molecule has 6 nitrogen and oxygen atoms in total. The molecule has 0 bridgehead atoms. The smallest absolute Gasteiger partial charge is 0.158 e. The van der Waals surface area contributed by atoms with Crippen LogP contribution in [-0.4, -0.2) is 23.6 Å². The van der Waals surface area contributed by atoms with E-state index in [1.54, 1.807) is 13.2 Å². The van der Waals surface area contributed by atoms with E-state index in [0.717, 1.165) is 18.3 Å². The molecule has 0 unspecified atom stereocenters. The van der Waals surface area contributed by atoms with Crippen molar-refractivity contribution in [3.05, 3.63) is 11.9 Å². The summed E-state index contributed by atoms with van der Waals surface area (Å²) in [6.45, 7) is 1.32. The summed E-state index contributed by atoms with van der Waals surface area (Å²) in [6.07, 6.45) is 5.31. The Morgan fingerprint density at radius 2 is 2.17 bits per heavy atom. The molecule has 6 heteroatoms. The van der Waals surface area contributed by atoms with Gasteiger partial charge < -0.3 is 15.5 Å².